The molecular formula is C23H27N5O3. The predicted octanol–water partition coefficient (Wildman–Crippen LogP) is 2.21. The SMILES string of the molecule is CC#CC(=O)N1CCC2(CC(n3nc(-c4ccc(OCC)cc4)c(C(N)=O)c3N)C2)C1. The molecule has 8 heteroatoms. The molecule has 4 rings (SSSR count). The Morgan fingerprint density at radius 2 is 2.00 bits per heavy atom. The van der Waals surface area contributed by atoms with Crippen LogP contribution in [0.25, 0.3) is 11.3 Å². The van der Waals surface area contributed by atoms with E-state index in [0.29, 0.717) is 24.7 Å². The molecule has 31 heavy (non-hydrogen) atoms. The van der Waals surface area contributed by atoms with Crippen LogP contribution in [0.15, 0.2) is 24.3 Å². The first-order chi connectivity index (χ1) is 14.9. The number of likely N-dealkylation sites (tertiary alicyclic amines) is 1. The first kappa shape index (κ1) is 20.8. The van der Waals surface area contributed by atoms with Gasteiger partial charge in [0.05, 0.1) is 12.6 Å². The van der Waals surface area contributed by atoms with Gasteiger partial charge in [-0.05, 0) is 68.7 Å². The molecule has 1 aromatic heterocycles. The summed E-state index contributed by atoms with van der Waals surface area (Å²) in [5.41, 5.74) is 13.5. The largest absolute Gasteiger partial charge is 0.494 e. The van der Waals surface area contributed by atoms with Crippen LogP contribution in [-0.4, -0.2) is 46.2 Å². The van der Waals surface area contributed by atoms with Crippen molar-refractivity contribution in [2.24, 2.45) is 11.1 Å². The number of amides is 2. The van der Waals surface area contributed by atoms with Crippen LogP contribution < -0.4 is 16.2 Å². The van der Waals surface area contributed by atoms with Crippen LogP contribution in [-0.2, 0) is 4.79 Å². The van der Waals surface area contributed by atoms with Crippen molar-refractivity contribution in [2.75, 3.05) is 25.4 Å². The zero-order valence-electron chi connectivity index (χ0n) is 17.9. The number of benzene rings is 1. The van der Waals surface area contributed by atoms with E-state index in [-0.39, 0.29) is 22.9 Å². The van der Waals surface area contributed by atoms with Crippen molar-refractivity contribution in [1.29, 1.82) is 0 Å². The van der Waals surface area contributed by atoms with Crippen LogP contribution in [0.5, 0.6) is 5.75 Å². The summed E-state index contributed by atoms with van der Waals surface area (Å²) in [7, 11) is 0. The Labute approximate surface area is 181 Å². The number of hydrogen-bond donors (Lipinski definition) is 2. The number of rotatable bonds is 5. The van der Waals surface area contributed by atoms with Gasteiger partial charge < -0.3 is 21.1 Å². The fourth-order valence-electron chi connectivity index (χ4n) is 4.79. The van der Waals surface area contributed by atoms with E-state index in [0.717, 1.165) is 37.1 Å². The Morgan fingerprint density at radius 3 is 2.61 bits per heavy atom. The fraction of sp³-hybridized carbons (Fsp3) is 0.435. The lowest BCUT2D eigenvalue weighted by Crippen LogP contribution is -2.42. The maximum Gasteiger partial charge on any atom is 0.298 e. The minimum absolute atomic E-state index is 0.0698. The minimum atomic E-state index is -0.600. The molecule has 162 valence electrons. The summed E-state index contributed by atoms with van der Waals surface area (Å²) in [5.74, 6) is 5.61. The van der Waals surface area contributed by atoms with Gasteiger partial charge in [0.1, 0.15) is 22.8 Å². The minimum Gasteiger partial charge on any atom is -0.494 e. The van der Waals surface area contributed by atoms with Crippen molar-refractivity contribution in [1.82, 2.24) is 14.7 Å². The van der Waals surface area contributed by atoms with E-state index in [1.165, 1.54) is 0 Å². The Balaban J connectivity index is 1.55. The van der Waals surface area contributed by atoms with Gasteiger partial charge in [-0.25, -0.2) is 4.68 Å². The van der Waals surface area contributed by atoms with Gasteiger partial charge in [0.2, 0.25) is 0 Å². The summed E-state index contributed by atoms with van der Waals surface area (Å²) >= 11 is 0. The molecule has 1 spiro atoms. The Morgan fingerprint density at radius 1 is 1.29 bits per heavy atom. The molecule has 1 aliphatic heterocycles. The highest BCUT2D eigenvalue weighted by Crippen LogP contribution is 2.54. The molecule has 1 saturated carbocycles. The summed E-state index contributed by atoms with van der Waals surface area (Å²) < 4.78 is 7.21. The molecule has 2 fully saturated rings. The monoisotopic (exact) mass is 421 g/mol. The third-order valence-electron chi connectivity index (χ3n) is 6.27. The quantitative estimate of drug-likeness (QED) is 0.718. The van der Waals surface area contributed by atoms with Gasteiger partial charge in [-0.15, -0.1) is 0 Å². The second kappa shape index (κ2) is 7.99. The highest BCUT2D eigenvalue weighted by molar-refractivity contribution is 6.03. The van der Waals surface area contributed by atoms with Gasteiger partial charge in [-0.3, -0.25) is 9.59 Å². The van der Waals surface area contributed by atoms with Crippen LogP contribution in [0.2, 0.25) is 0 Å². The molecule has 2 heterocycles. The van der Waals surface area contributed by atoms with Gasteiger partial charge in [-0.1, -0.05) is 5.92 Å². The number of nitrogen functional groups attached to an aromatic ring is 1. The van der Waals surface area contributed by atoms with Crippen LogP contribution >= 0.6 is 0 Å². The molecule has 1 aromatic carbocycles. The Hall–Kier alpha value is -3.47. The third-order valence-corrected chi connectivity index (χ3v) is 6.27. The normalized spacial score (nSPS) is 22.0. The van der Waals surface area contributed by atoms with E-state index in [2.05, 4.69) is 16.9 Å². The zero-order valence-corrected chi connectivity index (χ0v) is 17.9. The van der Waals surface area contributed by atoms with Crippen LogP contribution in [0.3, 0.4) is 0 Å². The molecule has 0 atom stereocenters. The fourth-order valence-corrected chi connectivity index (χ4v) is 4.79. The topological polar surface area (TPSA) is 116 Å². The lowest BCUT2D eigenvalue weighted by molar-refractivity contribution is -0.125. The van der Waals surface area contributed by atoms with Gasteiger partial charge in [0.25, 0.3) is 11.8 Å². The van der Waals surface area contributed by atoms with Crippen molar-refractivity contribution in [3.05, 3.63) is 29.8 Å². The zero-order chi connectivity index (χ0) is 22.2. The number of ether oxygens (including phenoxy) is 1. The standard InChI is InChI=1S/C23H27N5O3/c1-3-5-18(29)27-11-10-23(14-27)12-16(13-23)28-21(24)19(22(25)30)20(26-28)15-6-8-17(9-7-15)31-4-2/h6-9,16H,4,10-14,24H2,1-2H3,(H2,25,30). The van der Waals surface area contributed by atoms with Crippen LogP contribution in [0, 0.1) is 17.3 Å². The number of primary amides is 1. The lowest BCUT2D eigenvalue weighted by atomic mass is 9.65. The summed E-state index contributed by atoms with van der Waals surface area (Å²) in [6.07, 6.45) is 2.64. The highest BCUT2D eigenvalue weighted by Gasteiger charge is 2.51. The summed E-state index contributed by atoms with van der Waals surface area (Å²) in [4.78, 5) is 26.1. The van der Waals surface area contributed by atoms with Gasteiger partial charge >= 0.3 is 0 Å². The third kappa shape index (κ3) is 3.72. The molecular weight excluding hydrogens is 394 g/mol. The van der Waals surface area contributed by atoms with Crippen LogP contribution in [0.4, 0.5) is 5.82 Å². The van der Waals surface area contributed by atoms with Gasteiger partial charge in [-0.2, -0.15) is 5.10 Å². The predicted molar refractivity (Wildman–Crippen MR) is 117 cm³/mol. The average Bonchev–Trinajstić information content (AvgIpc) is 3.30. The van der Waals surface area contributed by atoms with E-state index >= 15 is 0 Å². The van der Waals surface area contributed by atoms with Crippen molar-refractivity contribution in [3.63, 3.8) is 0 Å². The number of carbonyl (C=O) groups excluding carboxylic acids is 2. The first-order valence-electron chi connectivity index (χ1n) is 10.5. The van der Waals surface area contributed by atoms with E-state index < -0.39 is 5.91 Å². The Kier molecular flexibility index (Phi) is 5.36. The number of carbonyl (C=O) groups is 2. The number of hydrogen-bond acceptors (Lipinski definition) is 5. The molecule has 2 aromatic rings. The molecule has 8 nitrogen and oxygen atoms in total. The van der Waals surface area contributed by atoms with E-state index in [4.69, 9.17) is 16.2 Å². The summed E-state index contributed by atoms with van der Waals surface area (Å²) in [5, 5.41) is 4.68. The van der Waals surface area contributed by atoms with Crippen molar-refractivity contribution >= 4 is 17.6 Å². The maximum absolute atomic E-state index is 12.2. The number of nitrogens with zero attached hydrogens (tertiary/aromatic N) is 3. The molecule has 0 radical (unpaired) electrons. The second-order valence-electron chi connectivity index (χ2n) is 8.29. The average molecular weight is 422 g/mol. The van der Waals surface area contributed by atoms with Crippen molar-refractivity contribution in [3.8, 4) is 28.8 Å². The maximum atomic E-state index is 12.2. The van der Waals surface area contributed by atoms with E-state index in [9.17, 15) is 9.59 Å². The number of anilines is 1. The lowest BCUT2D eigenvalue weighted by Gasteiger charge is -2.45. The summed E-state index contributed by atoms with van der Waals surface area (Å²) in [6.45, 7) is 5.59. The van der Waals surface area contributed by atoms with Gasteiger partial charge in [0.15, 0.2) is 0 Å². The Bertz CT molecular complexity index is 1070. The molecule has 0 unspecified atom stereocenters. The molecule has 1 saturated heterocycles. The van der Waals surface area contributed by atoms with Crippen LogP contribution in [0.1, 0.15) is 49.5 Å². The van der Waals surface area contributed by atoms with Crippen molar-refractivity contribution < 1.29 is 14.3 Å². The number of nitrogens with two attached hydrogens (primary N) is 2. The first-order valence-corrected chi connectivity index (χ1v) is 10.5. The molecule has 0 bridgehead atoms. The van der Waals surface area contributed by atoms with E-state index in [1.807, 2.05) is 36.1 Å². The number of aromatic nitrogens is 2. The van der Waals surface area contributed by atoms with Gasteiger partial charge in [0, 0.05) is 18.7 Å². The molecule has 4 N–H and O–H groups in total. The van der Waals surface area contributed by atoms with Crippen molar-refractivity contribution in [2.45, 2.75) is 39.2 Å². The smallest absolute Gasteiger partial charge is 0.298 e. The second-order valence-corrected chi connectivity index (χ2v) is 8.29. The molecule has 2 amide bonds. The van der Waals surface area contributed by atoms with E-state index in [1.54, 1.807) is 11.6 Å². The summed E-state index contributed by atoms with van der Waals surface area (Å²) in [6, 6.07) is 7.44. The molecule has 1 aliphatic carbocycles. The highest BCUT2D eigenvalue weighted by atomic mass is 16.5. The molecule has 2 aliphatic rings.